The lowest BCUT2D eigenvalue weighted by molar-refractivity contribution is 0.0743. The van der Waals surface area contributed by atoms with E-state index in [1.54, 1.807) is 26.1 Å². The van der Waals surface area contributed by atoms with Crippen LogP contribution in [-0.2, 0) is 0 Å². The summed E-state index contributed by atoms with van der Waals surface area (Å²) in [7, 11) is 1.60. The topological polar surface area (TPSA) is 46.3 Å². The Hall–Kier alpha value is -2.43. The number of carbonyl (C=O) groups is 1. The zero-order chi connectivity index (χ0) is 15.6. The van der Waals surface area contributed by atoms with Crippen molar-refractivity contribution in [3.8, 4) is 0 Å². The molecule has 0 fully saturated rings. The summed E-state index contributed by atoms with van der Waals surface area (Å²) in [6.45, 7) is 1.81. The Morgan fingerprint density at radius 2 is 1.76 bits per heavy atom. The first kappa shape index (κ1) is 15.0. The summed E-state index contributed by atoms with van der Waals surface area (Å²) < 4.78 is 26.4. The molecule has 0 heterocycles. The largest absolute Gasteiger partial charge is 0.396 e. The van der Waals surface area contributed by atoms with Crippen LogP contribution in [-0.4, -0.2) is 17.9 Å². The summed E-state index contributed by atoms with van der Waals surface area (Å²) in [6, 6.07) is 9.72. The van der Waals surface area contributed by atoms with Gasteiger partial charge in [0.05, 0.1) is 17.3 Å². The van der Waals surface area contributed by atoms with E-state index in [-0.39, 0.29) is 29.0 Å². The molecule has 2 aromatic rings. The SMILES string of the molecule is CC(c1ccc(F)cc1)N(C)C(=O)c1cccc(F)c1N. The van der Waals surface area contributed by atoms with E-state index in [1.807, 2.05) is 0 Å². The molecule has 2 N–H and O–H groups in total. The maximum Gasteiger partial charge on any atom is 0.256 e. The minimum absolute atomic E-state index is 0.117. The highest BCUT2D eigenvalue weighted by Crippen LogP contribution is 2.24. The van der Waals surface area contributed by atoms with Gasteiger partial charge in [0.25, 0.3) is 5.91 Å². The van der Waals surface area contributed by atoms with Crippen molar-refractivity contribution in [1.82, 2.24) is 4.90 Å². The van der Waals surface area contributed by atoms with Crippen LogP contribution < -0.4 is 5.73 Å². The monoisotopic (exact) mass is 290 g/mol. The number of halogens is 2. The Kier molecular flexibility index (Phi) is 4.21. The van der Waals surface area contributed by atoms with Gasteiger partial charge in [0.15, 0.2) is 0 Å². The molecule has 21 heavy (non-hydrogen) atoms. The minimum atomic E-state index is -0.622. The lowest BCUT2D eigenvalue weighted by Gasteiger charge is -2.26. The fraction of sp³-hybridized carbons (Fsp3) is 0.188. The van der Waals surface area contributed by atoms with Gasteiger partial charge in [0.1, 0.15) is 11.6 Å². The fourth-order valence-electron chi connectivity index (χ4n) is 2.05. The number of benzene rings is 2. The summed E-state index contributed by atoms with van der Waals surface area (Å²) in [5, 5.41) is 0. The predicted octanol–water partition coefficient (Wildman–Crippen LogP) is 3.38. The van der Waals surface area contributed by atoms with Crippen LogP contribution in [0.1, 0.15) is 28.9 Å². The Labute approximate surface area is 122 Å². The van der Waals surface area contributed by atoms with Gasteiger partial charge in [-0.15, -0.1) is 0 Å². The number of nitrogen functional groups attached to an aromatic ring is 1. The Balaban J connectivity index is 2.26. The van der Waals surface area contributed by atoms with Gasteiger partial charge in [-0.1, -0.05) is 18.2 Å². The van der Waals surface area contributed by atoms with Crippen LogP contribution in [0.4, 0.5) is 14.5 Å². The first-order chi connectivity index (χ1) is 9.91. The second kappa shape index (κ2) is 5.91. The Morgan fingerprint density at radius 1 is 1.14 bits per heavy atom. The zero-order valence-electron chi connectivity index (χ0n) is 11.8. The molecule has 0 aliphatic carbocycles. The zero-order valence-corrected chi connectivity index (χ0v) is 11.8. The maximum absolute atomic E-state index is 13.4. The van der Waals surface area contributed by atoms with Crippen LogP contribution in [0.5, 0.6) is 0 Å². The highest BCUT2D eigenvalue weighted by molar-refractivity contribution is 5.99. The van der Waals surface area contributed by atoms with E-state index in [1.165, 1.54) is 35.2 Å². The number of hydrogen-bond donors (Lipinski definition) is 1. The molecule has 0 aliphatic rings. The van der Waals surface area contributed by atoms with Crippen molar-refractivity contribution in [3.63, 3.8) is 0 Å². The average Bonchev–Trinajstić information content (AvgIpc) is 2.48. The van der Waals surface area contributed by atoms with Gasteiger partial charge < -0.3 is 10.6 Å². The minimum Gasteiger partial charge on any atom is -0.396 e. The van der Waals surface area contributed by atoms with Crippen LogP contribution in [0.15, 0.2) is 42.5 Å². The third-order valence-electron chi connectivity index (χ3n) is 3.54. The first-order valence-corrected chi connectivity index (χ1v) is 6.48. The summed E-state index contributed by atoms with van der Waals surface area (Å²) >= 11 is 0. The predicted molar refractivity (Wildman–Crippen MR) is 77.7 cm³/mol. The maximum atomic E-state index is 13.4. The third-order valence-corrected chi connectivity index (χ3v) is 3.54. The quantitative estimate of drug-likeness (QED) is 0.881. The standard InChI is InChI=1S/C16H16F2N2O/c1-10(11-6-8-12(17)9-7-11)20(2)16(21)13-4-3-5-14(18)15(13)19/h3-10H,19H2,1-2H3. The Bertz CT molecular complexity index is 656. The van der Waals surface area contributed by atoms with Gasteiger partial charge in [0.2, 0.25) is 0 Å². The molecular weight excluding hydrogens is 274 g/mol. The molecule has 1 atom stereocenters. The van der Waals surface area contributed by atoms with Crippen molar-refractivity contribution in [1.29, 1.82) is 0 Å². The second-order valence-electron chi connectivity index (χ2n) is 4.84. The Morgan fingerprint density at radius 3 is 2.38 bits per heavy atom. The summed E-state index contributed by atoms with van der Waals surface area (Å²) in [5.41, 5.74) is 6.34. The average molecular weight is 290 g/mol. The summed E-state index contributed by atoms with van der Waals surface area (Å²) in [4.78, 5) is 13.8. The van der Waals surface area contributed by atoms with Crippen molar-refractivity contribution in [3.05, 3.63) is 65.2 Å². The number of para-hydroxylation sites is 1. The van der Waals surface area contributed by atoms with Crippen LogP contribution in [0.3, 0.4) is 0 Å². The number of carbonyl (C=O) groups excluding carboxylic acids is 1. The highest BCUT2D eigenvalue weighted by Gasteiger charge is 2.21. The van der Waals surface area contributed by atoms with Gasteiger partial charge in [-0.05, 0) is 36.8 Å². The van der Waals surface area contributed by atoms with Crippen molar-refractivity contribution in [2.24, 2.45) is 0 Å². The molecule has 5 heteroatoms. The van der Waals surface area contributed by atoms with Crippen molar-refractivity contribution < 1.29 is 13.6 Å². The number of nitrogens with two attached hydrogens (primary N) is 1. The van der Waals surface area contributed by atoms with E-state index < -0.39 is 5.82 Å². The normalized spacial score (nSPS) is 12.0. The van der Waals surface area contributed by atoms with Gasteiger partial charge in [-0.3, -0.25) is 4.79 Å². The lowest BCUT2D eigenvalue weighted by atomic mass is 10.1. The van der Waals surface area contributed by atoms with Crippen molar-refractivity contribution in [2.45, 2.75) is 13.0 Å². The van der Waals surface area contributed by atoms with Crippen LogP contribution in [0.25, 0.3) is 0 Å². The molecule has 0 bridgehead atoms. The van der Waals surface area contributed by atoms with Crippen LogP contribution in [0, 0.1) is 11.6 Å². The van der Waals surface area contributed by atoms with E-state index >= 15 is 0 Å². The van der Waals surface area contributed by atoms with E-state index in [2.05, 4.69) is 0 Å². The lowest BCUT2D eigenvalue weighted by Crippen LogP contribution is -2.30. The number of amides is 1. The molecule has 0 spiro atoms. The number of nitrogens with zero attached hydrogens (tertiary/aromatic N) is 1. The van der Waals surface area contributed by atoms with E-state index in [0.29, 0.717) is 0 Å². The molecule has 1 amide bonds. The van der Waals surface area contributed by atoms with Gasteiger partial charge in [-0.2, -0.15) is 0 Å². The molecule has 2 aromatic carbocycles. The van der Waals surface area contributed by atoms with Crippen LogP contribution >= 0.6 is 0 Å². The molecule has 0 aliphatic heterocycles. The molecule has 0 saturated heterocycles. The van der Waals surface area contributed by atoms with Gasteiger partial charge >= 0.3 is 0 Å². The molecule has 3 nitrogen and oxygen atoms in total. The van der Waals surface area contributed by atoms with Crippen molar-refractivity contribution >= 4 is 11.6 Å². The molecule has 0 radical (unpaired) electrons. The van der Waals surface area contributed by atoms with Crippen LogP contribution in [0.2, 0.25) is 0 Å². The molecule has 0 aromatic heterocycles. The van der Waals surface area contributed by atoms with E-state index in [9.17, 15) is 13.6 Å². The molecule has 2 rings (SSSR count). The van der Waals surface area contributed by atoms with Gasteiger partial charge in [0, 0.05) is 7.05 Å². The van der Waals surface area contributed by atoms with Crippen molar-refractivity contribution in [2.75, 3.05) is 12.8 Å². The van der Waals surface area contributed by atoms with E-state index in [4.69, 9.17) is 5.73 Å². The molecule has 110 valence electrons. The fourth-order valence-corrected chi connectivity index (χ4v) is 2.05. The molecule has 1 unspecified atom stereocenters. The summed E-state index contributed by atoms with van der Waals surface area (Å²) in [5.74, 6) is -1.35. The number of rotatable bonds is 3. The molecule has 0 saturated carbocycles. The van der Waals surface area contributed by atoms with Gasteiger partial charge in [-0.25, -0.2) is 8.78 Å². The molecular formula is C16H16F2N2O. The third kappa shape index (κ3) is 3.02. The highest BCUT2D eigenvalue weighted by atomic mass is 19.1. The van der Waals surface area contributed by atoms with E-state index in [0.717, 1.165) is 5.56 Å². The summed E-state index contributed by atoms with van der Waals surface area (Å²) in [6.07, 6.45) is 0. The number of anilines is 1. The number of hydrogen-bond acceptors (Lipinski definition) is 2. The first-order valence-electron chi connectivity index (χ1n) is 6.48. The smallest absolute Gasteiger partial charge is 0.256 e. The second-order valence-corrected chi connectivity index (χ2v) is 4.84.